The normalized spacial score (nSPS) is 12.3. The lowest BCUT2D eigenvalue weighted by Gasteiger charge is -2.16. The molecular formula is C18H19N3O4. The van der Waals surface area contributed by atoms with Crippen LogP contribution in [0.1, 0.15) is 22.5 Å². The number of anilines is 1. The molecule has 2 aromatic rings. The number of nitriles is 1. The first-order chi connectivity index (χ1) is 12.0. The van der Waals surface area contributed by atoms with Crippen LogP contribution in [-0.4, -0.2) is 31.2 Å². The molecule has 1 aromatic heterocycles. The molecule has 1 N–H and O–H groups in total. The van der Waals surface area contributed by atoms with Gasteiger partial charge < -0.3 is 13.9 Å². The van der Waals surface area contributed by atoms with Crippen molar-refractivity contribution in [3.8, 4) is 17.6 Å². The van der Waals surface area contributed by atoms with Gasteiger partial charge in [-0.05, 0) is 38.6 Å². The number of fused-ring (bicyclic) bond motifs is 1. The molecule has 25 heavy (non-hydrogen) atoms. The van der Waals surface area contributed by atoms with Crippen LogP contribution >= 0.6 is 0 Å². The fourth-order valence-corrected chi connectivity index (χ4v) is 2.67. The molecule has 0 aliphatic carbocycles. The number of ether oxygens (including phenoxy) is 2. The van der Waals surface area contributed by atoms with Gasteiger partial charge >= 0.3 is 0 Å². The number of hydrogen-bond acceptors (Lipinski definition) is 6. The molecule has 0 fully saturated rings. The van der Waals surface area contributed by atoms with Gasteiger partial charge in [0, 0.05) is 12.1 Å². The maximum absolute atomic E-state index is 12.2. The number of rotatable bonds is 5. The van der Waals surface area contributed by atoms with E-state index in [2.05, 4.69) is 11.4 Å². The van der Waals surface area contributed by atoms with E-state index in [1.807, 2.05) is 30.1 Å². The van der Waals surface area contributed by atoms with Crippen molar-refractivity contribution in [2.24, 2.45) is 0 Å². The smallest absolute Gasteiger partial charge is 0.240 e. The highest BCUT2D eigenvalue weighted by molar-refractivity contribution is 5.92. The van der Waals surface area contributed by atoms with Gasteiger partial charge in [-0.1, -0.05) is 6.07 Å². The van der Waals surface area contributed by atoms with Crippen molar-refractivity contribution < 1.29 is 18.7 Å². The lowest BCUT2D eigenvalue weighted by atomic mass is 10.2. The van der Waals surface area contributed by atoms with E-state index in [0.717, 1.165) is 22.6 Å². The average Bonchev–Trinajstić information content (AvgIpc) is 3.11. The standard InChI is InChI=1S/C18H19N3O4/c1-11-12(2)25-18(14(11)7-19)20-17(22)9-21(3)8-13-4-5-15-16(6-13)24-10-23-15/h4-6H,8-10H2,1-3H3,(H,20,22). The van der Waals surface area contributed by atoms with Crippen molar-refractivity contribution in [3.05, 3.63) is 40.6 Å². The minimum absolute atomic E-state index is 0.165. The summed E-state index contributed by atoms with van der Waals surface area (Å²) >= 11 is 0. The minimum Gasteiger partial charge on any atom is -0.454 e. The Morgan fingerprint density at radius 2 is 2.08 bits per heavy atom. The van der Waals surface area contributed by atoms with E-state index in [9.17, 15) is 10.1 Å². The Kier molecular flexibility index (Phi) is 4.63. The molecule has 0 spiro atoms. The Hall–Kier alpha value is -2.98. The molecule has 7 heteroatoms. The zero-order valence-corrected chi connectivity index (χ0v) is 14.4. The first kappa shape index (κ1) is 16.9. The van der Waals surface area contributed by atoms with E-state index in [-0.39, 0.29) is 25.1 Å². The van der Waals surface area contributed by atoms with Gasteiger partial charge in [-0.3, -0.25) is 15.0 Å². The maximum Gasteiger partial charge on any atom is 0.240 e. The van der Waals surface area contributed by atoms with Crippen molar-refractivity contribution in [1.29, 1.82) is 5.26 Å². The highest BCUT2D eigenvalue weighted by atomic mass is 16.7. The molecule has 1 amide bonds. The third kappa shape index (κ3) is 3.59. The number of benzene rings is 1. The van der Waals surface area contributed by atoms with Crippen molar-refractivity contribution in [3.63, 3.8) is 0 Å². The van der Waals surface area contributed by atoms with E-state index < -0.39 is 0 Å². The van der Waals surface area contributed by atoms with Crippen LogP contribution in [0.25, 0.3) is 0 Å². The summed E-state index contributed by atoms with van der Waals surface area (Å²) in [6.45, 7) is 4.53. The fourth-order valence-electron chi connectivity index (χ4n) is 2.67. The summed E-state index contributed by atoms with van der Waals surface area (Å²) in [5.41, 5.74) is 2.12. The Morgan fingerprint density at radius 1 is 1.32 bits per heavy atom. The van der Waals surface area contributed by atoms with Gasteiger partial charge in [0.05, 0.1) is 6.54 Å². The Labute approximate surface area is 145 Å². The van der Waals surface area contributed by atoms with Crippen LogP contribution in [0, 0.1) is 25.2 Å². The van der Waals surface area contributed by atoms with Gasteiger partial charge in [-0.2, -0.15) is 5.26 Å². The van der Waals surface area contributed by atoms with E-state index in [0.29, 0.717) is 17.9 Å². The van der Waals surface area contributed by atoms with Crippen molar-refractivity contribution in [2.45, 2.75) is 20.4 Å². The highest BCUT2D eigenvalue weighted by Crippen LogP contribution is 2.32. The SMILES string of the molecule is Cc1oc(NC(=O)CN(C)Cc2ccc3c(c2)OCO3)c(C#N)c1C. The summed E-state index contributed by atoms with van der Waals surface area (Å²) in [4.78, 5) is 14.1. The number of likely N-dealkylation sites (N-methyl/N-ethyl adjacent to an activating group) is 1. The quantitative estimate of drug-likeness (QED) is 0.899. The minimum atomic E-state index is -0.242. The molecule has 3 rings (SSSR count). The van der Waals surface area contributed by atoms with Gasteiger partial charge in [0.1, 0.15) is 17.4 Å². The summed E-state index contributed by atoms with van der Waals surface area (Å²) in [5, 5.41) is 11.9. The number of nitrogens with one attached hydrogen (secondary N) is 1. The molecule has 0 bridgehead atoms. The largest absolute Gasteiger partial charge is 0.454 e. The number of amides is 1. The summed E-state index contributed by atoms with van der Waals surface area (Å²) in [7, 11) is 1.84. The molecule has 1 aliphatic rings. The van der Waals surface area contributed by atoms with E-state index in [1.54, 1.807) is 13.8 Å². The van der Waals surface area contributed by atoms with Crippen molar-refractivity contribution in [1.82, 2.24) is 4.90 Å². The zero-order valence-electron chi connectivity index (χ0n) is 14.4. The molecule has 0 saturated carbocycles. The van der Waals surface area contributed by atoms with Crippen LogP contribution in [0.4, 0.5) is 5.88 Å². The number of carbonyl (C=O) groups excluding carboxylic acids is 1. The number of aryl methyl sites for hydroxylation is 1. The number of furan rings is 1. The summed E-state index contributed by atoms with van der Waals surface area (Å²) < 4.78 is 16.1. The van der Waals surface area contributed by atoms with E-state index in [4.69, 9.17) is 13.9 Å². The molecule has 0 atom stereocenters. The molecule has 7 nitrogen and oxygen atoms in total. The molecule has 0 saturated heterocycles. The Bertz CT molecular complexity index is 851. The Morgan fingerprint density at radius 3 is 2.84 bits per heavy atom. The van der Waals surface area contributed by atoms with Crippen LogP contribution in [0.2, 0.25) is 0 Å². The van der Waals surface area contributed by atoms with Gasteiger partial charge in [-0.15, -0.1) is 0 Å². The molecule has 2 heterocycles. The van der Waals surface area contributed by atoms with Gasteiger partial charge in [-0.25, -0.2) is 0 Å². The first-order valence-corrected chi connectivity index (χ1v) is 7.85. The van der Waals surface area contributed by atoms with Gasteiger partial charge in [0.15, 0.2) is 11.5 Å². The molecule has 0 unspecified atom stereocenters. The Balaban J connectivity index is 1.59. The second-order valence-corrected chi connectivity index (χ2v) is 6.01. The third-order valence-electron chi connectivity index (χ3n) is 4.05. The fraction of sp³-hybridized carbons (Fsp3) is 0.333. The molecular weight excluding hydrogens is 322 g/mol. The molecule has 1 aromatic carbocycles. The van der Waals surface area contributed by atoms with Crippen LogP contribution in [0.15, 0.2) is 22.6 Å². The zero-order chi connectivity index (χ0) is 18.0. The lowest BCUT2D eigenvalue weighted by Crippen LogP contribution is -2.29. The summed E-state index contributed by atoms with van der Waals surface area (Å²) in [6, 6.07) is 7.77. The number of nitrogens with zero attached hydrogens (tertiary/aromatic N) is 2. The highest BCUT2D eigenvalue weighted by Gasteiger charge is 2.18. The van der Waals surface area contributed by atoms with E-state index in [1.165, 1.54) is 0 Å². The maximum atomic E-state index is 12.2. The van der Waals surface area contributed by atoms with Crippen LogP contribution in [-0.2, 0) is 11.3 Å². The molecule has 1 aliphatic heterocycles. The number of carbonyl (C=O) groups is 1. The van der Waals surface area contributed by atoms with Crippen LogP contribution in [0.5, 0.6) is 11.5 Å². The predicted octanol–water partition coefficient (Wildman–Crippen LogP) is 2.57. The molecule has 130 valence electrons. The first-order valence-electron chi connectivity index (χ1n) is 7.85. The summed E-state index contributed by atoms with van der Waals surface area (Å²) in [6.07, 6.45) is 0. The number of hydrogen-bond donors (Lipinski definition) is 1. The van der Waals surface area contributed by atoms with Gasteiger partial charge in [0.2, 0.25) is 18.6 Å². The lowest BCUT2D eigenvalue weighted by molar-refractivity contribution is -0.117. The van der Waals surface area contributed by atoms with Crippen molar-refractivity contribution >= 4 is 11.8 Å². The topological polar surface area (TPSA) is 87.7 Å². The second-order valence-electron chi connectivity index (χ2n) is 6.01. The van der Waals surface area contributed by atoms with Crippen LogP contribution < -0.4 is 14.8 Å². The second kappa shape index (κ2) is 6.87. The van der Waals surface area contributed by atoms with Gasteiger partial charge in [0.25, 0.3) is 0 Å². The average molecular weight is 341 g/mol. The van der Waals surface area contributed by atoms with E-state index >= 15 is 0 Å². The summed E-state index contributed by atoms with van der Waals surface area (Å²) in [5.74, 6) is 2.04. The van der Waals surface area contributed by atoms with Crippen molar-refractivity contribution in [2.75, 3.05) is 25.7 Å². The molecule has 0 radical (unpaired) electrons. The van der Waals surface area contributed by atoms with Crippen LogP contribution in [0.3, 0.4) is 0 Å². The monoisotopic (exact) mass is 341 g/mol. The predicted molar refractivity (Wildman–Crippen MR) is 90.4 cm³/mol. The third-order valence-corrected chi connectivity index (χ3v) is 4.05.